The van der Waals surface area contributed by atoms with Gasteiger partial charge in [-0.05, 0) is 30.9 Å². The molecule has 1 saturated carbocycles. The summed E-state index contributed by atoms with van der Waals surface area (Å²) >= 11 is 0. The average Bonchev–Trinajstić information content (AvgIpc) is 2.33. The summed E-state index contributed by atoms with van der Waals surface area (Å²) in [4.78, 5) is 4.35. The zero-order chi connectivity index (χ0) is 12.1. The third-order valence-electron chi connectivity index (χ3n) is 3.75. The molecule has 1 N–H and O–H groups in total. The van der Waals surface area contributed by atoms with Crippen LogP contribution in [0, 0.1) is 12.8 Å². The molecule has 2 heteroatoms. The van der Waals surface area contributed by atoms with Crippen LogP contribution in [0.15, 0.2) is 18.3 Å². The van der Waals surface area contributed by atoms with Crippen molar-refractivity contribution in [1.82, 2.24) is 4.98 Å². The van der Waals surface area contributed by atoms with Crippen molar-refractivity contribution in [3.8, 4) is 0 Å². The molecule has 2 rings (SSSR count). The molecule has 2 nitrogen and oxygen atoms in total. The largest absolute Gasteiger partial charge is 0.393 e. The third-order valence-corrected chi connectivity index (χ3v) is 3.75. The number of aromatic nitrogens is 1. The first kappa shape index (κ1) is 12.6. The van der Waals surface area contributed by atoms with Crippen LogP contribution in [-0.2, 0) is 6.42 Å². The summed E-state index contributed by atoms with van der Waals surface area (Å²) in [6.45, 7) is 2.04. The standard InChI is InChI=1S/C15H23NO/c1-12-7-8-14(16-11-12)10-15(17)9-13-5-3-2-4-6-13/h7-8,11,13,15,17H,2-6,9-10H2,1H3. The minimum Gasteiger partial charge on any atom is -0.393 e. The molecule has 0 bridgehead atoms. The van der Waals surface area contributed by atoms with Crippen LogP contribution < -0.4 is 0 Å². The van der Waals surface area contributed by atoms with E-state index in [1.165, 1.54) is 37.7 Å². The van der Waals surface area contributed by atoms with Gasteiger partial charge in [-0.25, -0.2) is 0 Å². The lowest BCUT2D eigenvalue weighted by Crippen LogP contribution is -2.18. The number of aliphatic hydroxyl groups is 1. The van der Waals surface area contributed by atoms with E-state index in [9.17, 15) is 5.11 Å². The van der Waals surface area contributed by atoms with Crippen molar-refractivity contribution in [2.24, 2.45) is 5.92 Å². The van der Waals surface area contributed by atoms with Crippen molar-refractivity contribution in [3.05, 3.63) is 29.6 Å². The van der Waals surface area contributed by atoms with Crippen LogP contribution in [0.5, 0.6) is 0 Å². The lowest BCUT2D eigenvalue weighted by Gasteiger charge is -2.23. The van der Waals surface area contributed by atoms with Crippen LogP contribution in [0.1, 0.15) is 49.8 Å². The molecule has 0 radical (unpaired) electrons. The highest BCUT2D eigenvalue weighted by Gasteiger charge is 2.17. The van der Waals surface area contributed by atoms with E-state index in [1.54, 1.807) is 0 Å². The molecule has 1 heterocycles. The highest BCUT2D eigenvalue weighted by Crippen LogP contribution is 2.27. The first-order chi connectivity index (χ1) is 8.24. The fourth-order valence-electron chi connectivity index (χ4n) is 2.75. The summed E-state index contributed by atoms with van der Waals surface area (Å²) in [5.41, 5.74) is 2.19. The van der Waals surface area contributed by atoms with E-state index in [-0.39, 0.29) is 6.10 Å². The van der Waals surface area contributed by atoms with Gasteiger partial charge in [0, 0.05) is 18.3 Å². The monoisotopic (exact) mass is 233 g/mol. The van der Waals surface area contributed by atoms with Crippen LogP contribution >= 0.6 is 0 Å². The molecule has 94 valence electrons. The Bertz CT molecular complexity index is 327. The molecule has 1 unspecified atom stereocenters. The van der Waals surface area contributed by atoms with Gasteiger partial charge in [0.25, 0.3) is 0 Å². The van der Waals surface area contributed by atoms with E-state index in [1.807, 2.05) is 19.2 Å². The van der Waals surface area contributed by atoms with Gasteiger partial charge in [-0.1, -0.05) is 38.2 Å². The molecule has 1 aromatic heterocycles. The predicted molar refractivity (Wildman–Crippen MR) is 69.9 cm³/mol. The van der Waals surface area contributed by atoms with Gasteiger partial charge in [-0.2, -0.15) is 0 Å². The number of pyridine rings is 1. The van der Waals surface area contributed by atoms with Crippen molar-refractivity contribution in [2.45, 2.75) is 58.0 Å². The second-order valence-electron chi connectivity index (χ2n) is 5.42. The topological polar surface area (TPSA) is 33.1 Å². The van der Waals surface area contributed by atoms with Crippen molar-refractivity contribution in [1.29, 1.82) is 0 Å². The molecule has 1 aromatic rings. The minimum atomic E-state index is -0.215. The number of rotatable bonds is 4. The van der Waals surface area contributed by atoms with Crippen LogP contribution in [0.25, 0.3) is 0 Å². The van der Waals surface area contributed by atoms with Crippen molar-refractivity contribution >= 4 is 0 Å². The molecule has 17 heavy (non-hydrogen) atoms. The van der Waals surface area contributed by atoms with E-state index in [4.69, 9.17) is 0 Å². The van der Waals surface area contributed by atoms with Gasteiger partial charge >= 0.3 is 0 Å². The lowest BCUT2D eigenvalue weighted by molar-refractivity contribution is 0.129. The molecule has 1 aliphatic rings. The van der Waals surface area contributed by atoms with E-state index in [0.29, 0.717) is 6.42 Å². The van der Waals surface area contributed by atoms with Crippen molar-refractivity contribution in [3.63, 3.8) is 0 Å². The van der Waals surface area contributed by atoms with Gasteiger partial charge in [0.15, 0.2) is 0 Å². The Labute approximate surface area is 104 Å². The molecule has 0 aromatic carbocycles. The SMILES string of the molecule is Cc1ccc(CC(O)CC2CCCCC2)nc1. The van der Waals surface area contributed by atoms with Gasteiger partial charge in [0.1, 0.15) is 0 Å². The molecule has 0 aliphatic heterocycles. The minimum absolute atomic E-state index is 0.215. The summed E-state index contributed by atoms with van der Waals surface area (Å²) in [7, 11) is 0. The van der Waals surface area contributed by atoms with Crippen LogP contribution in [-0.4, -0.2) is 16.2 Å². The maximum absolute atomic E-state index is 10.1. The number of hydrogen-bond donors (Lipinski definition) is 1. The lowest BCUT2D eigenvalue weighted by atomic mass is 9.85. The Morgan fingerprint density at radius 2 is 2.06 bits per heavy atom. The fourth-order valence-corrected chi connectivity index (χ4v) is 2.75. The number of aryl methyl sites for hydroxylation is 1. The molecule has 1 aliphatic carbocycles. The highest BCUT2D eigenvalue weighted by atomic mass is 16.3. The van der Waals surface area contributed by atoms with Crippen molar-refractivity contribution in [2.75, 3.05) is 0 Å². The van der Waals surface area contributed by atoms with Gasteiger partial charge in [0.05, 0.1) is 6.10 Å². The van der Waals surface area contributed by atoms with Gasteiger partial charge in [-0.3, -0.25) is 4.98 Å². The van der Waals surface area contributed by atoms with E-state index in [2.05, 4.69) is 11.1 Å². The molecule has 0 amide bonds. The van der Waals surface area contributed by atoms with E-state index < -0.39 is 0 Å². The molecule has 0 saturated heterocycles. The van der Waals surface area contributed by atoms with Gasteiger partial charge in [-0.15, -0.1) is 0 Å². The molecular weight excluding hydrogens is 210 g/mol. The average molecular weight is 233 g/mol. The highest BCUT2D eigenvalue weighted by molar-refractivity contribution is 5.12. The number of hydrogen-bond acceptors (Lipinski definition) is 2. The quantitative estimate of drug-likeness (QED) is 0.866. The predicted octanol–water partition coefficient (Wildman–Crippen LogP) is 3.26. The summed E-state index contributed by atoms with van der Waals surface area (Å²) in [6.07, 6.45) is 10.0. The van der Waals surface area contributed by atoms with E-state index >= 15 is 0 Å². The number of aliphatic hydroxyl groups excluding tert-OH is 1. The summed E-state index contributed by atoms with van der Waals surface area (Å²) in [5.74, 6) is 0.740. The maximum Gasteiger partial charge on any atom is 0.0598 e. The van der Waals surface area contributed by atoms with Crippen LogP contribution in [0.4, 0.5) is 0 Å². The second-order valence-corrected chi connectivity index (χ2v) is 5.42. The summed E-state index contributed by atoms with van der Waals surface area (Å²) in [6, 6.07) is 4.09. The number of nitrogens with zero attached hydrogens (tertiary/aromatic N) is 1. The zero-order valence-corrected chi connectivity index (χ0v) is 10.7. The van der Waals surface area contributed by atoms with E-state index in [0.717, 1.165) is 18.0 Å². The Kier molecular flexibility index (Phi) is 4.55. The third kappa shape index (κ3) is 4.12. The molecule has 1 fully saturated rings. The normalized spacial score (nSPS) is 19.2. The smallest absolute Gasteiger partial charge is 0.0598 e. The Morgan fingerprint density at radius 3 is 2.71 bits per heavy atom. The molecular formula is C15H23NO. The molecule has 1 atom stereocenters. The first-order valence-corrected chi connectivity index (χ1v) is 6.83. The van der Waals surface area contributed by atoms with Gasteiger partial charge < -0.3 is 5.11 Å². The van der Waals surface area contributed by atoms with Crippen LogP contribution in [0.3, 0.4) is 0 Å². The molecule has 0 spiro atoms. The Balaban J connectivity index is 1.79. The Hall–Kier alpha value is -0.890. The Morgan fingerprint density at radius 1 is 1.29 bits per heavy atom. The summed E-state index contributed by atoms with van der Waals surface area (Å²) < 4.78 is 0. The second kappa shape index (κ2) is 6.15. The fraction of sp³-hybridized carbons (Fsp3) is 0.667. The zero-order valence-electron chi connectivity index (χ0n) is 10.7. The van der Waals surface area contributed by atoms with Gasteiger partial charge in [0.2, 0.25) is 0 Å². The van der Waals surface area contributed by atoms with Crippen LogP contribution in [0.2, 0.25) is 0 Å². The first-order valence-electron chi connectivity index (χ1n) is 6.83. The van der Waals surface area contributed by atoms with Crippen molar-refractivity contribution < 1.29 is 5.11 Å². The maximum atomic E-state index is 10.1. The summed E-state index contributed by atoms with van der Waals surface area (Å²) in [5, 5.41) is 10.1.